The second-order valence-corrected chi connectivity index (χ2v) is 6.83. The summed E-state index contributed by atoms with van der Waals surface area (Å²) in [4.78, 5) is 24.0. The molecule has 1 heterocycles. The first-order valence-electron chi connectivity index (χ1n) is 8.99. The van der Waals surface area contributed by atoms with Crippen LogP contribution in [0.2, 0.25) is 0 Å². The highest BCUT2D eigenvalue weighted by Crippen LogP contribution is 2.31. The van der Waals surface area contributed by atoms with Gasteiger partial charge in [0.05, 0.1) is 11.8 Å². The van der Waals surface area contributed by atoms with Gasteiger partial charge in [0, 0.05) is 31.1 Å². The Kier molecular flexibility index (Phi) is 5.83. The number of anilines is 1. The summed E-state index contributed by atoms with van der Waals surface area (Å²) < 4.78 is 28.2. The summed E-state index contributed by atoms with van der Waals surface area (Å²) >= 11 is 0. The van der Waals surface area contributed by atoms with E-state index < -0.39 is 17.5 Å². The summed E-state index contributed by atoms with van der Waals surface area (Å²) in [6.45, 7) is 2.91. The van der Waals surface area contributed by atoms with E-state index in [9.17, 15) is 18.4 Å². The van der Waals surface area contributed by atoms with Gasteiger partial charge in [-0.25, -0.2) is 13.5 Å². The zero-order chi connectivity index (χ0) is 19.4. The summed E-state index contributed by atoms with van der Waals surface area (Å²) in [6.07, 6.45) is 4.73. The fraction of sp³-hybridized carbons (Fsp3) is 0.421. The third-order valence-corrected chi connectivity index (χ3v) is 4.45. The fourth-order valence-electron chi connectivity index (χ4n) is 2.74. The molecule has 1 saturated carbocycles. The van der Waals surface area contributed by atoms with Gasteiger partial charge in [-0.2, -0.15) is 5.10 Å². The number of aryl methyl sites for hydroxylation is 1. The van der Waals surface area contributed by atoms with E-state index >= 15 is 0 Å². The SMILES string of the molecule is Cc1cnn(CC2CC2)c1NC(=O)CCCNC(=O)c1ccc(F)cc1F. The van der Waals surface area contributed by atoms with Crippen molar-refractivity contribution in [2.24, 2.45) is 5.92 Å². The number of hydrogen-bond donors (Lipinski definition) is 2. The average Bonchev–Trinajstić information content (AvgIpc) is 3.37. The van der Waals surface area contributed by atoms with Gasteiger partial charge in [0.15, 0.2) is 0 Å². The molecule has 0 radical (unpaired) electrons. The first-order chi connectivity index (χ1) is 12.9. The van der Waals surface area contributed by atoms with E-state index in [0.717, 1.165) is 24.2 Å². The van der Waals surface area contributed by atoms with Crippen LogP contribution in [0.1, 0.15) is 41.6 Å². The molecular weight excluding hydrogens is 354 g/mol. The normalized spacial score (nSPS) is 13.4. The molecule has 8 heteroatoms. The van der Waals surface area contributed by atoms with Crippen LogP contribution in [0.5, 0.6) is 0 Å². The number of halogens is 2. The predicted octanol–water partition coefficient (Wildman–Crippen LogP) is 3.03. The molecule has 0 saturated heterocycles. The van der Waals surface area contributed by atoms with Crippen molar-refractivity contribution in [2.45, 2.75) is 39.2 Å². The molecule has 6 nitrogen and oxygen atoms in total. The molecule has 1 aromatic heterocycles. The van der Waals surface area contributed by atoms with Crippen LogP contribution in [0.3, 0.4) is 0 Å². The minimum Gasteiger partial charge on any atom is -0.352 e. The summed E-state index contributed by atoms with van der Waals surface area (Å²) in [5.74, 6) is -1.10. The molecule has 27 heavy (non-hydrogen) atoms. The van der Waals surface area contributed by atoms with E-state index in [4.69, 9.17) is 0 Å². The largest absolute Gasteiger partial charge is 0.352 e. The number of aromatic nitrogens is 2. The van der Waals surface area contributed by atoms with Gasteiger partial charge in [-0.1, -0.05) is 0 Å². The Hall–Kier alpha value is -2.77. The van der Waals surface area contributed by atoms with Crippen molar-refractivity contribution in [3.63, 3.8) is 0 Å². The Balaban J connectivity index is 1.43. The van der Waals surface area contributed by atoms with Gasteiger partial charge in [-0.05, 0) is 44.2 Å². The topological polar surface area (TPSA) is 76.0 Å². The van der Waals surface area contributed by atoms with Gasteiger partial charge in [0.2, 0.25) is 5.91 Å². The van der Waals surface area contributed by atoms with Crippen LogP contribution in [0.25, 0.3) is 0 Å². The lowest BCUT2D eigenvalue weighted by atomic mass is 10.2. The van der Waals surface area contributed by atoms with Crippen LogP contribution in [0, 0.1) is 24.5 Å². The molecule has 0 spiro atoms. The maximum atomic E-state index is 13.5. The van der Waals surface area contributed by atoms with E-state index in [1.807, 2.05) is 11.6 Å². The van der Waals surface area contributed by atoms with Gasteiger partial charge < -0.3 is 10.6 Å². The number of nitrogens with one attached hydrogen (secondary N) is 2. The number of carbonyl (C=O) groups is 2. The molecule has 144 valence electrons. The first kappa shape index (κ1) is 19.0. The molecule has 0 unspecified atom stereocenters. The predicted molar refractivity (Wildman–Crippen MR) is 96.2 cm³/mol. The van der Waals surface area contributed by atoms with Crippen molar-refractivity contribution < 1.29 is 18.4 Å². The molecule has 1 aliphatic rings. The minimum absolute atomic E-state index is 0.169. The summed E-state index contributed by atoms with van der Waals surface area (Å²) in [7, 11) is 0. The lowest BCUT2D eigenvalue weighted by Crippen LogP contribution is -2.26. The highest BCUT2D eigenvalue weighted by atomic mass is 19.1. The van der Waals surface area contributed by atoms with Crippen molar-refractivity contribution in [1.29, 1.82) is 0 Å². The van der Waals surface area contributed by atoms with E-state index in [0.29, 0.717) is 24.2 Å². The molecule has 0 atom stereocenters. The summed E-state index contributed by atoms with van der Waals surface area (Å²) in [6, 6.07) is 2.78. The van der Waals surface area contributed by atoms with Gasteiger partial charge >= 0.3 is 0 Å². The third kappa shape index (κ3) is 5.12. The Morgan fingerprint density at radius 2 is 2.07 bits per heavy atom. The molecule has 2 aromatic rings. The highest BCUT2D eigenvalue weighted by molar-refractivity contribution is 5.94. The number of nitrogens with zero attached hydrogens (tertiary/aromatic N) is 2. The highest BCUT2D eigenvalue weighted by Gasteiger charge is 2.24. The summed E-state index contributed by atoms with van der Waals surface area (Å²) in [5, 5.41) is 9.71. The molecule has 1 aliphatic carbocycles. The van der Waals surface area contributed by atoms with Crippen LogP contribution >= 0.6 is 0 Å². The Morgan fingerprint density at radius 3 is 2.78 bits per heavy atom. The third-order valence-electron chi connectivity index (χ3n) is 4.45. The standard InChI is InChI=1S/C19H22F2N4O2/c1-12-10-23-25(11-13-4-5-13)18(12)24-17(26)3-2-8-22-19(27)15-7-6-14(20)9-16(15)21/h6-7,9-10,13H,2-5,8,11H2,1H3,(H,22,27)(H,24,26). The summed E-state index contributed by atoms with van der Waals surface area (Å²) in [5.41, 5.74) is 0.685. The Morgan fingerprint density at radius 1 is 1.30 bits per heavy atom. The fourth-order valence-corrected chi connectivity index (χ4v) is 2.74. The van der Waals surface area contributed by atoms with Gasteiger partial charge in [-0.15, -0.1) is 0 Å². The van der Waals surface area contributed by atoms with Crippen molar-refractivity contribution in [2.75, 3.05) is 11.9 Å². The Labute approximate surface area is 155 Å². The molecule has 3 rings (SSSR count). The van der Waals surface area contributed by atoms with E-state index in [1.165, 1.54) is 12.8 Å². The molecule has 1 fully saturated rings. The van der Waals surface area contributed by atoms with Crippen LogP contribution in [0.15, 0.2) is 24.4 Å². The van der Waals surface area contributed by atoms with Crippen LogP contribution < -0.4 is 10.6 Å². The van der Waals surface area contributed by atoms with Crippen molar-refractivity contribution in [3.05, 3.63) is 47.2 Å². The number of hydrogen-bond acceptors (Lipinski definition) is 3. The molecular formula is C19H22F2N4O2. The van der Waals surface area contributed by atoms with Crippen molar-refractivity contribution in [3.8, 4) is 0 Å². The van der Waals surface area contributed by atoms with Gasteiger partial charge in [0.1, 0.15) is 17.5 Å². The maximum absolute atomic E-state index is 13.5. The number of benzene rings is 1. The smallest absolute Gasteiger partial charge is 0.254 e. The van der Waals surface area contributed by atoms with Gasteiger partial charge in [0.25, 0.3) is 5.91 Å². The van der Waals surface area contributed by atoms with Crippen LogP contribution in [0.4, 0.5) is 14.6 Å². The van der Waals surface area contributed by atoms with Crippen molar-refractivity contribution in [1.82, 2.24) is 15.1 Å². The van der Waals surface area contributed by atoms with Crippen LogP contribution in [-0.2, 0) is 11.3 Å². The Bertz CT molecular complexity index is 846. The zero-order valence-corrected chi connectivity index (χ0v) is 15.1. The number of carbonyl (C=O) groups excluding carboxylic acids is 2. The van der Waals surface area contributed by atoms with E-state index in [1.54, 1.807) is 6.20 Å². The monoisotopic (exact) mass is 376 g/mol. The number of rotatable bonds is 8. The second kappa shape index (κ2) is 8.28. The first-order valence-corrected chi connectivity index (χ1v) is 8.99. The maximum Gasteiger partial charge on any atom is 0.254 e. The molecule has 0 bridgehead atoms. The molecule has 1 aromatic carbocycles. The second-order valence-electron chi connectivity index (χ2n) is 6.83. The van der Waals surface area contributed by atoms with Gasteiger partial charge in [-0.3, -0.25) is 9.59 Å². The van der Waals surface area contributed by atoms with E-state index in [-0.39, 0.29) is 24.4 Å². The van der Waals surface area contributed by atoms with E-state index in [2.05, 4.69) is 15.7 Å². The number of amides is 2. The lowest BCUT2D eigenvalue weighted by Gasteiger charge is -2.10. The average molecular weight is 376 g/mol. The quantitative estimate of drug-likeness (QED) is 0.696. The molecule has 2 N–H and O–H groups in total. The van der Waals surface area contributed by atoms with Crippen LogP contribution in [-0.4, -0.2) is 28.1 Å². The minimum atomic E-state index is -0.912. The molecule has 2 amide bonds. The zero-order valence-electron chi connectivity index (χ0n) is 15.1. The molecule has 0 aliphatic heterocycles. The van der Waals surface area contributed by atoms with Crippen molar-refractivity contribution >= 4 is 17.6 Å². The lowest BCUT2D eigenvalue weighted by molar-refractivity contribution is -0.116.